The van der Waals surface area contributed by atoms with Crippen molar-refractivity contribution in [1.29, 1.82) is 0 Å². The molecule has 1 aliphatic heterocycles. The maximum Gasteiger partial charge on any atom is 0.293 e. The fourth-order valence-electron chi connectivity index (χ4n) is 3.04. The molecule has 1 saturated heterocycles. The number of methoxy groups -OCH3 is 1. The first kappa shape index (κ1) is 24.4. The van der Waals surface area contributed by atoms with E-state index in [0.29, 0.717) is 34.5 Å². The second-order valence-electron chi connectivity index (χ2n) is 7.92. The van der Waals surface area contributed by atoms with Crippen LogP contribution in [-0.2, 0) is 4.79 Å². The van der Waals surface area contributed by atoms with Crippen molar-refractivity contribution in [3.8, 4) is 11.5 Å². The molecule has 7 nitrogen and oxygen atoms in total. The number of rotatable bonds is 10. The summed E-state index contributed by atoms with van der Waals surface area (Å²) >= 11 is 0.892. The summed E-state index contributed by atoms with van der Waals surface area (Å²) in [5.41, 5.74) is 1.28. The molecule has 33 heavy (non-hydrogen) atoms. The van der Waals surface area contributed by atoms with Crippen LogP contribution >= 0.6 is 11.8 Å². The topological polar surface area (TPSA) is 84.9 Å². The highest BCUT2D eigenvalue weighted by atomic mass is 32.2. The molecule has 0 unspecified atom stereocenters. The summed E-state index contributed by atoms with van der Waals surface area (Å²) in [6.07, 6.45) is 2.64. The van der Waals surface area contributed by atoms with E-state index < -0.39 is 0 Å². The number of ether oxygens (including phenoxy) is 2. The van der Waals surface area contributed by atoms with Crippen LogP contribution in [0.15, 0.2) is 53.4 Å². The van der Waals surface area contributed by atoms with Crippen LogP contribution in [0.2, 0.25) is 0 Å². The Bertz CT molecular complexity index is 1020. The Hall–Kier alpha value is -3.26. The van der Waals surface area contributed by atoms with Gasteiger partial charge >= 0.3 is 0 Å². The third kappa shape index (κ3) is 6.86. The summed E-state index contributed by atoms with van der Waals surface area (Å²) in [6.45, 7) is 5.17. The lowest BCUT2D eigenvalue weighted by Gasteiger charge is -2.13. The summed E-state index contributed by atoms with van der Waals surface area (Å²) in [4.78, 5) is 38.8. The predicted molar refractivity (Wildman–Crippen MR) is 129 cm³/mol. The number of amides is 3. The highest BCUT2D eigenvalue weighted by molar-refractivity contribution is 8.18. The number of benzene rings is 2. The Morgan fingerprint density at radius 2 is 1.73 bits per heavy atom. The van der Waals surface area contributed by atoms with Gasteiger partial charge in [-0.2, -0.15) is 0 Å². The molecule has 1 aliphatic rings. The van der Waals surface area contributed by atoms with Gasteiger partial charge in [-0.05, 0) is 72.1 Å². The van der Waals surface area contributed by atoms with Crippen LogP contribution in [0.1, 0.15) is 36.2 Å². The first-order valence-corrected chi connectivity index (χ1v) is 11.6. The maximum absolute atomic E-state index is 12.6. The molecule has 0 spiro atoms. The van der Waals surface area contributed by atoms with E-state index >= 15 is 0 Å². The standard InChI is InChI=1S/C25H28N2O5S/c1-17(2)12-15-32-21-10-6-19(7-11-21)23(28)26-13-14-27-24(29)22(33-25(27)30)16-18-4-8-20(31-3)9-5-18/h4-11,16-17H,12-15H2,1-3H3,(H,26,28). The van der Waals surface area contributed by atoms with Crippen molar-refractivity contribution in [2.24, 2.45) is 5.92 Å². The molecule has 174 valence electrons. The number of hydrogen-bond acceptors (Lipinski definition) is 6. The van der Waals surface area contributed by atoms with Gasteiger partial charge in [0.2, 0.25) is 0 Å². The lowest BCUT2D eigenvalue weighted by molar-refractivity contribution is -0.122. The molecule has 0 aliphatic carbocycles. The van der Waals surface area contributed by atoms with Gasteiger partial charge in [-0.3, -0.25) is 19.3 Å². The largest absolute Gasteiger partial charge is 0.497 e. The summed E-state index contributed by atoms with van der Waals surface area (Å²) in [6, 6.07) is 14.1. The first-order chi connectivity index (χ1) is 15.9. The average Bonchev–Trinajstić information content (AvgIpc) is 3.07. The molecule has 0 aromatic heterocycles. The molecular formula is C25H28N2O5S. The van der Waals surface area contributed by atoms with Gasteiger partial charge in [-0.15, -0.1) is 0 Å². The van der Waals surface area contributed by atoms with Crippen molar-refractivity contribution in [2.45, 2.75) is 20.3 Å². The smallest absolute Gasteiger partial charge is 0.293 e. The van der Waals surface area contributed by atoms with E-state index in [1.807, 2.05) is 12.1 Å². The van der Waals surface area contributed by atoms with Crippen LogP contribution < -0.4 is 14.8 Å². The normalized spacial score (nSPS) is 14.8. The van der Waals surface area contributed by atoms with Crippen molar-refractivity contribution in [3.63, 3.8) is 0 Å². The molecule has 1 N–H and O–H groups in total. The van der Waals surface area contributed by atoms with Crippen molar-refractivity contribution >= 4 is 34.9 Å². The molecular weight excluding hydrogens is 440 g/mol. The van der Waals surface area contributed by atoms with Crippen molar-refractivity contribution in [1.82, 2.24) is 10.2 Å². The molecule has 1 heterocycles. The number of hydrogen-bond donors (Lipinski definition) is 1. The number of imide groups is 1. The summed E-state index contributed by atoms with van der Waals surface area (Å²) in [5, 5.41) is 2.40. The predicted octanol–water partition coefficient (Wildman–Crippen LogP) is 4.59. The lowest BCUT2D eigenvalue weighted by Crippen LogP contribution is -2.37. The zero-order valence-electron chi connectivity index (χ0n) is 19.0. The minimum Gasteiger partial charge on any atom is -0.497 e. The van der Waals surface area contributed by atoms with Gasteiger partial charge in [0, 0.05) is 18.7 Å². The summed E-state index contributed by atoms with van der Waals surface area (Å²) in [7, 11) is 1.58. The highest BCUT2D eigenvalue weighted by Crippen LogP contribution is 2.32. The fraction of sp³-hybridized carbons (Fsp3) is 0.320. The van der Waals surface area contributed by atoms with Crippen molar-refractivity contribution < 1.29 is 23.9 Å². The molecule has 3 amide bonds. The van der Waals surface area contributed by atoms with E-state index in [4.69, 9.17) is 9.47 Å². The van der Waals surface area contributed by atoms with Gasteiger partial charge in [0.1, 0.15) is 11.5 Å². The van der Waals surface area contributed by atoms with Crippen molar-refractivity contribution in [3.05, 3.63) is 64.6 Å². The van der Waals surface area contributed by atoms with Gasteiger partial charge in [-0.1, -0.05) is 26.0 Å². The summed E-state index contributed by atoms with van der Waals surface area (Å²) < 4.78 is 10.8. The Labute approximate surface area is 198 Å². The van der Waals surface area contributed by atoms with Crippen LogP contribution in [-0.4, -0.2) is 48.8 Å². The van der Waals surface area contributed by atoms with Gasteiger partial charge < -0.3 is 14.8 Å². The Morgan fingerprint density at radius 1 is 1.06 bits per heavy atom. The second kappa shape index (κ2) is 11.6. The van der Waals surface area contributed by atoms with E-state index in [-0.39, 0.29) is 30.1 Å². The number of nitrogens with zero attached hydrogens (tertiary/aromatic N) is 1. The minimum atomic E-state index is -0.363. The number of carbonyl (C=O) groups is 3. The average molecular weight is 469 g/mol. The number of nitrogens with one attached hydrogen (secondary N) is 1. The second-order valence-corrected chi connectivity index (χ2v) is 8.91. The molecule has 0 atom stereocenters. The first-order valence-electron chi connectivity index (χ1n) is 10.8. The Kier molecular flexibility index (Phi) is 8.54. The van der Waals surface area contributed by atoms with E-state index in [9.17, 15) is 14.4 Å². The monoisotopic (exact) mass is 468 g/mol. The Morgan fingerprint density at radius 3 is 2.36 bits per heavy atom. The quantitative estimate of drug-likeness (QED) is 0.514. The molecule has 3 rings (SSSR count). The van der Waals surface area contributed by atoms with Gasteiger partial charge in [-0.25, -0.2) is 0 Å². The third-order valence-electron chi connectivity index (χ3n) is 4.99. The Balaban J connectivity index is 1.49. The SMILES string of the molecule is COc1ccc(C=C2SC(=O)N(CCNC(=O)c3ccc(OCCC(C)C)cc3)C2=O)cc1. The molecule has 2 aromatic rings. The molecule has 0 saturated carbocycles. The van der Waals surface area contributed by atoms with E-state index in [0.717, 1.165) is 28.6 Å². The van der Waals surface area contributed by atoms with Gasteiger partial charge in [0.05, 0.1) is 18.6 Å². The van der Waals surface area contributed by atoms with E-state index in [1.54, 1.807) is 49.6 Å². The van der Waals surface area contributed by atoms with Crippen LogP contribution in [0.3, 0.4) is 0 Å². The zero-order chi connectivity index (χ0) is 23.8. The molecule has 0 bridgehead atoms. The maximum atomic E-state index is 12.6. The molecule has 0 radical (unpaired) electrons. The van der Waals surface area contributed by atoms with Crippen LogP contribution in [0.25, 0.3) is 6.08 Å². The van der Waals surface area contributed by atoms with E-state index in [2.05, 4.69) is 19.2 Å². The summed E-state index contributed by atoms with van der Waals surface area (Å²) in [5.74, 6) is 1.36. The van der Waals surface area contributed by atoms with Crippen LogP contribution in [0.5, 0.6) is 11.5 Å². The van der Waals surface area contributed by atoms with Crippen LogP contribution in [0, 0.1) is 5.92 Å². The van der Waals surface area contributed by atoms with Crippen LogP contribution in [0.4, 0.5) is 4.79 Å². The van der Waals surface area contributed by atoms with E-state index in [1.165, 1.54) is 0 Å². The molecule has 2 aromatic carbocycles. The molecule has 8 heteroatoms. The lowest BCUT2D eigenvalue weighted by atomic mass is 10.1. The van der Waals surface area contributed by atoms with Crippen molar-refractivity contribution in [2.75, 3.05) is 26.8 Å². The number of thioether (sulfide) groups is 1. The van der Waals surface area contributed by atoms with Gasteiger partial charge in [0.15, 0.2) is 0 Å². The zero-order valence-corrected chi connectivity index (χ0v) is 19.8. The molecule has 1 fully saturated rings. The number of carbonyl (C=O) groups excluding carboxylic acids is 3. The van der Waals surface area contributed by atoms with Gasteiger partial charge in [0.25, 0.3) is 17.1 Å². The minimum absolute atomic E-state index is 0.104. The highest BCUT2D eigenvalue weighted by Gasteiger charge is 2.34. The third-order valence-corrected chi connectivity index (χ3v) is 5.90. The fourth-order valence-corrected chi connectivity index (χ4v) is 3.91.